The van der Waals surface area contributed by atoms with Crippen LogP contribution in [0.15, 0.2) is 40.9 Å². The summed E-state index contributed by atoms with van der Waals surface area (Å²) in [7, 11) is 0. The molecule has 0 aliphatic carbocycles. The number of aliphatic carboxylic acids is 1. The number of benzene rings is 1. The molecule has 0 spiro atoms. The van der Waals surface area contributed by atoms with Crippen molar-refractivity contribution < 1.29 is 14.4 Å². The maximum atomic E-state index is 11.1. The first kappa shape index (κ1) is 12.9. The first-order chi connectivity index (χ1) is 9.74. The normalized spacial score (nSPS) is 19.3. The number of carbonyl (C=O) groups is 1. The molecule has 1 aliphatic heterocycles. The van der Waals surface area contributed by atoms with Gasteiger partial charge in [0.2, 0.25) is 0 Å². The zero-order valence-corrected chi connectivity index (χ0v) is 11.0. The maximum absolute atomic E-state index is 11.1. The zero-order valence-electron chi connectivity index (χ0n) is 11.0. The summed E-state index contributed by atoms with van der Waals surface area (Å²) < 4.78 is 5.32. The first-order valence-corrected chi connectivity index (χ1v) is 6.72. The van der Waals surface area contributed by atoms with E-state index in [4.69, 9.17) is 9.63 Å². The fourth-order valence-electron chi connectivity index (χ4n) is 2.63. The summed E-state index contributed by atoms with van der Waals surface area (Å²) in [6, 6.07) is 11.3. The average Bonchev–Trinajstić information content (AvgIpc) is 3.09. The second-order valence-corrected chi connectivity index (χ2v) is 5.01. The lowest BCUT2D eigenvalue weighted by molar-refractivity contribution is -0.142. The fourth-order valence-corrected chi connectivity index (χ4v) is 2.63. The first-order valence-electron chi connectivity index (χ1n) is 6.72. The van der Waals surface area contributed by atoms with Gasteiger partial charge in [0.25, 0.3) is 0 Å². The molecule has 104 valence electrons. The minimum Gasteiger partial charge on any atom is -0.480 e. The van der Waals surface area contributed by atoms with Crippen molar-refractivity contribution in [3.63, 3.8) is 0 Å². The number of rotatable bonds is 4. The molecule has 1 saturated heterocycles. The van der Waals surface area contributed by atoms with Gasteiger partial charge in [-0.2, -0.15) is 0 Å². The van der Waals surface area contributed by atoms with Crippen molar-refractivity contribution in [2.24, 2.45) is 0 Å². The molecule has 1 atom stereocenters. The lowest BCUT2D eigenvalue weighted by atomic mass is 10.1. The Kier molecular flexibility index (Phi) is 3.52. The van der Waals surface area contributed by atoms with Gasteiger partial charge in [-0.3, -0.25) is 9.69 Å². The van der Waals surface area contributed by atoms with E-state index in [9.17, 15) is 4.79 Å². The lowest BCUT2D eigenvalue weighted by Crippen LogP contribution is -2.35. The van der Waals surface area contributed by atoms with Crippen molar-refractivity contribution in [3.8, 4) is 11.3 Å². The van der Waals surface area contributed by atoms with Crippen LogP contribution < -0.4 is 0 Å². The van der Waals surface area contributed by atoms with E-state index in [1.807, 2.05) is 41.3 Å². The largest absolute Gasteiger partial charge is 0.480 e. The Bertz CT molecular complexity index is 594. The number of carboxylic acids is 1. The van der Waals surface area contributed by atoms with E-state index in [1.54, 1.807) is 0 Å². The van der Waals surface area contributed by atoms with E-state index in [0.717, 1.165) is 24.2 Å². The quantitative estimate of drug-likeness (QED) is 0.925. The molecule has 0 radical (unpaired) electrons. The predicted molar refractivity (Wildman–Crippen MR) is 73.0 cm³/mol. The molecule has 5 nitrogen and oxygen atoms in total. The van der Waals surface area contributed by atoms with Crippen molar-refractivity contribution in [3.05, 3.63) is 42.2 Å². The van der Waals surface area contributed by atoms with Crippen LogP contribution in [-0.4, -0.2) is 33.7 Å². The topological polar surface area (TPSA) is 66.6 Å². The molecule has 0 bridgehead atoms. The summed E-state index contributed by atoms with van der Waals surface area (Å²) >= 11 is 0. The van der Waals surface area contributed by atoms with Crippen LogP contribution in [0.25, 0.3) is 11.3 Å². The standard InChI is InChI=1S/C15H16N2O3/c18-15(19)14-7-4-8-17(14)10-12-9-13(16-20-12)11-5-2-1-3-6-11/h1-3,5-6,9,14H,4,7-8,10H2,(H,18,19). The van der Waals surface area contributed by atoms with Crippen molar-refractivity contribution in [1.82, 2.24) is 10.1 Å². The van der Waals surface area contributed by atoms with E-state index < -0.39 is 12.0 Å². The van der Waals surface area contributed by atoms with Crippen LogP contribution >= 0.6 is 0 Å². The van der Waals surface area contributed by atoms with Crippen LogP contribution in [0.2, 0.25) is 0 Å². The Morgan fingerprint density at radius 2 is 2.20 bits per heavy atom. The Balaban J connectivity index is 1.73. The molecule has 1 N–H and O–H groups in total. The van der Waals surface area contributed by atoms with Crippen molar-refractivity contribution in [2.75, 3.05) is 6.54 Å². The van der Waals surface area contributed by atoms with Gasteiger partial charge in [-0.25, -0.2) is 0 Å². The SMILES string of the molecule is O=C(O)C1CCCN1Cc1cc(-c2ccccc2)no1. The molecule has 1 aliphatic rings. The number of hydrogen-bond acceptors (Lipinski definition) is 4. The molecular weight excluding hydrogens is 256 g/mol. The van der Waals surface area contributed by atoms with Gasteiger partial charge in [0, 0.05) is 11.6 Å². The van der Waals surface area contributed by atoms with Gasteiger partial charge >= 0.3 is 5.97 Å². The number of carboxylic acid groups (broad SMARTS) is 1. The Labute approximate surface area is 116 Å². The minimum atomic E-state index is -0.759. The smallest absolute Gasteiger partial charge is 0.320 e. The zero-order chi connectivity index (χ0) is 13.9. The van der Waals surface area contributed by atoms with Crippen LogP contribution in [0.3, 0.4) is 0 Å². The summed E-state index contributed by atoms with van der Waals surface area (Å²) in [6.07, 6.45) is 1.62. The van der Waals surface area contributed by atoms with Crippen LogP contribution in [-0.2, 0) is 11.3 Å². The second-order valence-electron chi connectivity index (χ2n) is 5.01. The van der Waals surface area contributed by atoms with Gasteiger partial charge < -0.3 is 9.63 Å². The summed E-state index contributed by atoms with van der Waals surface area (Å²) in [5.41, 5.74) is 1.78. The molecule has 0 saturated carbocycles. The molecule has 2 aromatic rings. The summed E-state index contributed by atoms with van der Waals surface area (Å²) in [5.74, 6) is -0.0534. The van der Waals surface area contributed by atoms with Crippen molar-refractivity contribution >= 4 is 5.97 Å². The number of aromatic nitrogens is 1. The molecule has 1 aromatic carbocycles. The Morgan fingerprint density at radius 3 is 2.95 bits per heavy atom. The fraction of sp³-hybridized carbons (Fsp3) is 0.333. The highest BCUT2D eigenvalue weighted by Crippen LogP contribution is 2.23. The van der Waals surface area contributed by atoms with E-state index in [1.165, 1.54) is 0 Å². The van der Waals surface area contributed by atoms with Crippen LogP contribution in [0, 0.1) is 0 Å². The van der Waals surface area contributed by atoms with Gasteiger partial charge in [0.1, 0.15) is 11.7 Å². The van der Waals surface area contributed by atoms with Crippen LogP contribution in [0.5, 0.6) is 0 Å². The number of likely N-dealkylation sites (tertiary alicyclic amines) is 1. The van der Waals surface area contributed by atoms with E-state index in [0.29, 0.717) is 18.7 Å². The number of hydrogen-bond donors (Lipinski definition) is 1. The molecule has 2 heterocycles. The van der Waals surface area contributed by atoms with Crippen LogP contribution in [0.4, 0.5) is 0 Å². The third kappa shape index (κ3) is 2.58. The van der Waals surface area contributed by atoms with Crippen molar-refractivity contribution in [1.29, 1.82) is 0 Å². The maximum Gasteiger partial charge on any atom is 0.320 e. The number of nitrogens with zero attached hydrogens (tertiary/aromatic N) is 2. The highest BCUT2D eigenvalue weighted by Gasteiger charge is 2.31. The Hall–Kier alpha value is -2.14. The average molecular weight is 272 g/mol. The Morgan fingerprint density at radius 1 is 1.40 bits per heavy atom. The van der Waals surface area contributed by atoms with Gasteiger partial charge in [0.15, 0.2) is 5.76 Å². The summed E-state index contributed by atoms with van der Waals surface area (Å²) in [6.45, 7) is 1.29. The minimum absolute atomic E-state index is 0.403. The molecule has 1 unspecified atom stereocenters. The molecule has 20 heavy (non-hydrogen) atoms. The van der Waals surface area contributed by atoms with E-state index >= 15 is 0 Å². The highest BCUT2D eigenvalue weighted by molar-refractivity contribution is 5.73. The van der Waals surface area contributed by atoms with Gasteiger partial charge in [0.05, 0.1) is 6.54 Å². The third-order valence-electron chi connectivity index (χ3n) is 3.64. The second kappa shape index (κ2) is 5.46. The molecular formula is C15H16N2O3. The lowest BCUT2D eigenvalue weighted by Gasteiger charge is -2.18. The summed E-state index contributed by atoms with van der Waals surface area (Å²) in [4.78, 5) is 13.1. The molecule has 1 aromatic heterocycles. The predicted octanol–water partition coefficient (Wildman–Crippen LogP) is 2.39. The molecule has 1 fully saturated rings. The van der Waals surface area contributed by atoms with Gasteiger partial charge in [-0.15, -0.1) is 0 Å². The monoisotopic (exact) mass is 272 g/mol. The van der Waals surface area contributed by atoms with E-state index in [-0.39, 0.29) is 0 Å². The van der Waals surface area contributed by atoms with Gasteiger partial charge in [-0.1, -0.05) is 35.5 Å². The van der Waals surface area contributed by atoms with E-state index in [2.05, 4.69) is 5.16 Å². The van der Waals surface area contributed by atoms with Gasteiger partial charge in [-0.05, 0) is 19.4 Å². The highest BCUT2D eigenvalue weighted by atomic mass is 16.5. The molecule has 5 heteroatoms. The van der Waals surface area contributed by atoms with Crippen LogP contribution in [0.1, 0.15) is 18.6 Å². The third-order valence-corrected chi connectivity index (χ3v) is 3.64. The molecule has 3 rings (SSSR count). The van der Waals surface area contributed by atoms with Crippen molar-refractivity contribution in [2.45, 2.75) is 25.4 Å². The molecule has 0 amide bonds. The summed E-state index contributed by atoms with van der Waals surface area (Å²) in [5, 5.41) is 13.2.